The number of H-pyrrole nitrogens is 1. The molecule has 140 valence electrons. The van der Waals surface area contributed by atoms with E-state index in [1.807, 2.05) is 4.90 Å². The Morgan fingerprint density at radius 1 is 1.11 bits per heavy atom. The second-order valence-electron chi connectivity index (χ2n) is 7.34. The fourth-order valence-electron chi connectivity index (χ4n) is 3.97. The molecule has 4 rings (SSSR count). The summed E-state index contributed by atoms with van der Waals surface area (Å²) in [7, 11) is 0. The van der Waals surface area contributed by atoms with Gasteiger partial charge in [0.1, 0.15) is 5.82 Å². The molecule has 1 N–H and O–H groups in total. The molecule has 1 amide bonds. The first kappa shape index (κ1) is 17.5. The summed E-state index contributed by atoms with van der Waals surface area (Å²) >= 11 is 0. The van der Waals surface area contributed by atoms with Crippen LogP contribution in [0.25, 0.3) is 10.9 Å². The van der Waals surface area contributed by atoms with Gasteiger partial charge in [0.2, 0.25) is 5.91 Å². The Balaban J connectivity index is 1.48. The van der Waals surface area contributed by atoms with Crippen LogP contribution in [-0.2, 0) is 11.2 Å². The number of amides is 1. The first-order valence-electron chi connectivity index (χ1n) is 9.40. The van der Waals surface area contributed by atoms with Crippen molar-refractivity contribution in [3.05, 3.63) is 53.1 Å². The van der Waals surface area contributed by atoms with Crippen molar-refractivity contribution in [2.24, 2.45) is 0 Å². The number of aromatic amines is 1. The van der Waals surface area contributed by atoms with Gasteiger partial charge in [-0.3, -0.25) is 9.78 Å². The Morgan fingerprint density at radius 2 is 1.89 bits per heavy atom. The number of fused-ring (bicyclic) bond motifs is 1. The van der Waals surface area contributed by atoms with Crippen LogP contribution < -0.4 is 4.90 Å². The molecule has 0 spiro atoms. The van der Waals surface area contributed by atoms with E-state index in [0.29, 0.717) is 6.42 Å². The van der Waals surface area contributed by atoms with Crippen molar-refractivity contribution in [3.63, 3.8) is 0 Å². The summed E-state index contributed by atoms with van der Waals surface area (Å²) in [6.07, 6.45) is 5.60. The van der Waals surface area contributed by atoms with Crippen LogP contribution >= 0.6 is 0 Å². The Kier molecular flexibility index (Phi) is 4.56. The topological polar surface area (TPSA) is 65.1 Å². The van der Waals surface area contributed by atoms with E-state index in [0.717, 1.165) is 48.8 Å². The van der Waals surface area contributed by atoms with Gasteiger partial charge in [-0.05, 0) is 38.0 Å². The molecule has 3 heterocycles. The summed E-state index contributed by atoms with van der Waals surface area (Å²) in [5.41, 5.74) is 5.81. The van der Waals surface area contributed by atoms with E-state index < -0.39 is 0 Å². The SMILES string of the molecule is Cc1cc(C)c2[nH]c(C)c(CC(=O)N3CCN(c4cnccn4)CC3)c2c1. The second kappa shape index (κ2) is 7.02. The molecule has 1 aliphatic heterocycles. The number of nitrogens with one attached hydrogen (secondary N) is 1. The molecule has 0 saturated carbocycles. The largest absolute Gasteiger partial charge is 0.358 e. The number of carbonyl (C=O) groups excluding carboxylic acids is 1. The molecule has 6 nitrogen and oxygen atoms in total. The molecule has 0 bridgehead atoms. The number of hydrogen-bond acceptors (Lipinski definition) is 4. The third-order valence-electron chi connectivity index (χ3n) is 5.40. The lowest BCUT2D eigenvalue weighted by Crippen LogP contribution is -2.49. The quantitative estimate of drug-likeness (QED) is 0.777. The second-order valence-corrected chi connectivity index (χ2v) is 7.34. The minimum absolute atomic E-state index is 0.192. The maximum absolute atomic E-state index is 12.9. The molecule has 3 aromatic rings. The lowest BCUT2D eigenvalue weighted by Gasteiger charge is -2.35. The minimum atomic E-state index is 0.192. The van der Waals surface area contributed by atoms with Crippen molar-refractivity contribution < 1.29 is 4.79 Å². The van der Waals surface area contributed by atoms with Gasteiger partial charge < -0.3 is 14.8 Å². The van der Waals surface area contributed by atoms with Crippen LogP contribution in [0.5, 0.6) is 0 Å². The molecule has 0 aliphatic carbocycles. The monoisotopic (exact) mass is 363 g/mol. The highest BCUT2D eigenvalue weighted by Gasteiger charge is 2.23. The minimum Gasteiger partial charge on any atom is -0.358 e. The number of aromatic nitrogens is 3. The summed E-state index contributed by atoms with van der Waals surface area (Å²) < 4.78 is 0. The average molecular weight is 363 g/mol. The molecular weight excluding hydrogens is 338 g/mol. The highest BCUT2D eigenvalue weighted by molar-refractivity contribution is 5.92. The van der Waals surface area contributed by atoms with Gasteiger partial charge in [-0.2, -0.15) is 0 Å². The first-order chi connectivity index (χ1) is 13.0. The molecule has 2 aromatic heterocycles. The molecule has 0 radical (unpaired) electrons. The van der Waals surface area contributed by atoms with Crippen molar-refractivity contribution >= 4 is 22.6 Å². The van der Waals surface area contributed by atoms with Crippen molar-refractivity contribution in [2.45, 2.75) is 27.2 Å². The van der Waals surface area contributed by atoms with Gasteiger partial charge in [0.25, 0.3) is 0 Å². The Hall–Kier alpha value is -2.89. The number of piperazine rings is 1. The Labute approximate surface area is 159 Å². The maximum Gasteiger partial charge on any atom is 0.227 e. The van der Waals surface area contributed by atoms with Crippen LogP contribution in [0.15, 0.2) is 30.7 Å². The third-order valence-corrected chi connectivity index (χ3v) is 5.40. The Bertz CT molecular complexity index is 971. The van der Waals surface area contributed by atoms with Crippen LogP contribution in [0.2, 0.25) is 0 Å². The van der Waals surface area contributed by atoms with E-state index in [9.17, 15) is 4.79 Å². The fraction of sp³-hybridized carbons (Fsp3) is 0.381. The number of aryl methyl sites for hydroxylation is 3. The van der Waals surface area contributed by atoms with Gasteiger partial charge in [-0.15, -0.1) is 0 Å². The number of benzene rings is 1. The summed E-state index contributed by atoms with van der Waals surface area (Å²) in [6.45, 7) is 9.28. The van der Waals surface area contributed by atoms with Crippen molar-refractivity contribution in [3.8, 4) is 0 Å². The van der Waals surface area contributed by atoms with E-state index in [1.165, 1.54) is 16.5 Å². The van der Waals surface area contributed by atoms with Crippen LogP contribution in [0, 0.1) is 20.8 Å². The summed E-state index contributed by atoms with van der Waals surface area (Å²) in [5.74, 6) is 1.07. The van der Waals surface area contributed by atoms with Crippen molar-refractivity contribution in [1.29, 1.82) is 0 Å². The van der Waals surface area contributed by atoms with Crippen LogP contribution in [-0.4, -0.2) is 51.9 Å². The number of rotatable bonds is 3. The molecule has 0 unspecified atom stereocenters. The van der Waals surface area contributed by atoms with E-state index in [2.05, 4.69) is 52.8 Å². The molecular formula is C21H25N5O. The van der Waals surface area contributed by atoms with Gasteiger partial charge in [0.05, 0.1) is 12.6 Å². The van der Waals surface area contributed by atoms with Gasteiger partial charge in [0, 0.05) is 55.2 Å². The zero-order chi connectivity index (χ0) is 19.0. The predicted octanol–water partition coefficient (Wildman–Crippen LogP) is 2.77. The number of nitrogens with zero attached hydrogens (tertiary/aromatic N) is 4. The van der Waals surface area contributed by atoms with Gasteiger partial charge in [-0.25, -0.2) is 4.98 Å². The summed E-state index contributed by atoms with van der Waals surface area (Å²) in [4.78, 5) is 29.0. The highest BCUT2D eigenvalue weighted by Crippen LogP contribution is 2.27. The lowest BCUT2D eigenvalue weighted by atomic mass is 10.0. The first-order valence-corrected chi connectivity index (χ1v) is 9.40. The summed E-state index contributed by atoms with van der Waals surface area (Å²) in [5, 5.41) is 1.18. The number of hydrogen-bond donors (Lipinski definition) is 1. The van der Waals surface area contributed by atoms with E-state index in [4.69, 9.17) is 0 Å². The highest BCUT2D eigenvalue weighted by atomic mass is 16.2. The average Bonchev–Trinajstić information content (AvgIpc) is 2.99. The molecule has 0 atom stereocenters. The normalized spacial score (nSPS) is 14.8. The number of anilines is 1. The van der Waals surface area contributed by atoms with E-state index in [1.54, 1.807) is 18.6 Å². The maximum atomic E-state index is 12.9. The van der Waals surface area contributed by atoms with Gasteiger partial charge >= 0.3 is 0 Å². The standard InChI is InChI=1S/C21H25N5O/c1-14-10-15(2)21-18(11-14)17(16(3)24-21)12-20(27)26-8-6-25(7-9-26)19-13-22-4-5-23-19/h4-5,10-11,13,24H,6-9,12H2,1-3H3. The van der Waals surface area contributed by atoms with Gasteiger partial charge in [0.15, 0.2) is 0 Å². The molecule has 27 heavy (non-hydrogen) atoms. The number of carbonyl (C=O) groups is 1. The van der Waals surface area contributed by atoms with Gasteiger partial charge in [-0.1, -0.05) is 11.6 Å². The smallest absolute Gasteiger partial charge is 0.227 e. The fourth-order valence-corrected chi connectivity index (χ4v) is 3.97. The molecule has 1 aliphatic rings. The molecule has 1 aromatic carbocycles. The lowest BCUT2D eigenvalue weighted by molar-refractivity contribution is -0.130. The molecule has 6 heteroatoms. The zero-order valence-electron chi connectivity index (χ0n) is 16.1. The van der Waals surface area contributed by atoms with Crippen LogP contribution in [0.1, 0.15) is 22.4 Å². The predicted molar refractivity (Wildman–Crippen MR) is 107 cm³/mol. The van der Waals surface area contributed by atoms with E-state index in [-0.39, 0.29) is 5.91 Å². The van der Waals surface area contributed by atoms with Crippen LogP contribution in [0.4, 0.5) is 5.82 Å². The summed E-state index contributed by atoms with van der Waals surface area (Å²) in [6, 6.07) is 4.36. The van der Waals surface area contributed by atoms with E-state index >= 15 is 0 Å². The van der Waals surface area contributed by atoms with Crippen LogP contribution in [0.3, 0.4) is 0 Å². The molecule has 1 fully saturated rings. The zero-order valence-corrected chi connectivity index (χ0v) is 16.1. The van der Waals surface area contributed by atoms with Crippen molar-refractivity contribution in [1.82, 2.24) is 19.9 Å². The Morgan fingerprint density at radius 3 is 2.59 bits per heavy atom. The molecule has 1 saturated heterocycles. The third kappa shape index (κ3) is 3.39. The van der Waals surface area contributed by atoms with Crippen molar-refractivity contribution in [2.75, 3.05) is 31.1 Å².